The summed E-state index contributed by atoms with van der Waals surface area (Å²) in [7, 11) is 0. The first-order chi connectivity index (χ1) is 9.58. The highest BCUT2D eigenvalue weighted by Gasteiger charge is 2.23. The van der Waals surface area contributed by atoms with Gasteiger partial charge >= 0.3 is 5.97 Å². The minimum Gasteiger partial charge on any atom is -0.478 e. The SMILES string of the molecule is O=C(O)C1=C(C(=O)NCc2cccc(Cl)c2)CCCC1. The van der Waals surface area contributed by atoms with Crippen molar-refractivity contribution in [2.24, 2.45) is 0 Å². The summed E-state index contributed by atoms with van der Waals surface area (Å²) in [4.78, 5) is 23.2. The van der Waals surface area contributed by atoms with E-state index in [9.17, 15) is 9.59 Å². The van der Waals surface area contributed by atoms with Crippen LogP contribution in [0, 0.1) is 0 Å². The molecule has 0 aliphatic heterocycles. The molecule has 0 atom stereocenters. The van der Waals surface area contributed by atoms with Crippen LogP contribution >= 0.6 is 11.6 Å². The van der Waals surface area contributed by atoms with Gasteiger partial charge in [0, 0.05) is 22.7 Å². The lowest BCUT2D eigenvalue weighted by atomic mass is 9.91. The van der Waals surface area contributed by atoms with E-state index in [4.69, 9.17) is 16.7 Å². The Hall–Kier alpha value is -1.81. The van der Waals surface area contributed by atoms with Gasteiger partial charge in [-0.2, -0.15) is 0 Å². The number of carbonyl (C=O) groups is 2. The number of nitrogens with one attached hydrogen (secondary N) is 1. The second-order valence-corrected chi connectivity index (χ2v) is 5.22. The number of hydrogen-bond acceptors (Lipinski definition) is 2. The van der Waals surface area contributed by atoms with E-state index >= 15 is 0 Å². The highest BCUT2D eigenvalue weighted by atomic mass is 35.5. The van der Waals surface area contributed by atoms with Crippen LogP contribution in [-0.4, -0.2) is 17.0 Å². The molecule has 0 bridgehead atoms. The number of carbonyl (C=O) groups excluding carboxylic acids is 1. The number of carboxylic acids is 1. The monoisotopic (exact) mass is 293 g/mol. The lowest BCUT2D eigenvalue weighted by Crippen LogP contribution is -2.28. The van der Waals surface area contributed by atoms with Gasteiger partial charge in [-0.1, -0.05) is 23.7 Å². The van der Waals surface area contributed by atoms with Gasteiger partial charge in [0.2, 0.25) is 5.91 Å². The molecule has 0 heterocycles. The molecule has 1 aliphatic carbocycles. The summed E-state index contributed by atoms with van der Waals surface area (Å²) in [5.74, 6) is -1.28. The Balaban J connectivity index is 2.06. The molecule has 1 aliphatic rings. The summed E-state index contributed by atoms with van der Waals surface area (Å²) >= 11 is 5.87. The zero-order valence-electron chi connectivity index (χ0n) is 11.0. The molecule has 4 nitrogen and oxygen atoms in total. The van der Waals surface area contributed by atoms with Gasteiger partial charge in [0.05, 0.1) is 0 Å². The van der Waals surface area contributed by atoms with Crippen LogP contribution in [0.4, 0.5) is 0 Å². The van der Waals surface area contributed by atoms with Crippen molar-refractivity contribution in [1.29, 1.82) is 0 Å². The fourth-order valence-electron chi connectivity index (χ4n) is 2.33. The smallest absolute Gasteiger partial charge is 0.332 e. The maximum atomic E-state index is 12.1. The first-order valence-corrected chi connectivity index (χ1v) is 6.93. The summed E-state index contributed by atoms with van der Waals surface area (Å²) in [6.45, 7) is 0.343. The van der Waals surface area contributed by atoms with E-state index in [-0.39, 0.29) is 11.5 Å². The van der Waals surface area contributed by atoms with Crippen molar-refractivity contribution in [2.45, 2.75) is 32.2 Å². The van der Waals surface area contributed by atoms with Gasteiger partial charge in [-0.05, 0) is 43.4 Å². The standard InChI is InChI=1S/C15H16ClNO3/c16-11-5-3-4-10(8-11)9-17-14(18)12-6-1-2-7-13(12)15(19)20/h3-5,8H,1-2,6-7,9H2,(H,17,18)(H,19,20). The second-order valence-electron chi connectivity index (χ2n) is 4.78. The van der Waals surface area contributed by atoms with Crippen LogP contribution in [0.2, 0.25) is 5.02 Å². The van der Waals surface area contributed by atoms with Crippen molar-refractivity contribution < 1.29 is 14.7 Å². The van der Waals surface area contributed by atoms with Crippen LogP contribution in [0.5, 0.6) is 0 Å². The highest BCUT2D eigenvalue weighted by molar-refractivity contribution is 6.30. The largest absolute Gasteiger partial charge is 0.478 e. The average Bonchev–Trinajstić information content (AvgIpc) is 2.45. The van der Waals surface area contributed by atoms with Crippen LogP contribution in [0.25, 0.3) is 0 Å². The Morgan fingerprint density at radius 2 is 1.90 bits per heavy atom. The van der Waals surface area contributed by atoms with Gasteiger partial charge in [0.1, 0.15) is 0 Å². The molecular formula is C15H16ClNO3. The third-order valence-electron chi connectivity index (χ3n) is 3.34. The number of benzene rings is 1. The Kier molecular flexibility index (Phi) is 4.79. The lowest BCUT2D eigenvalue weighted by Gasteiger charge is -2.17. The summed E-state index contributed by atoms with van der Waals surface area (Å²) < 4.78 is 0. The van der Waals surface area contributed by atoms with Gasteiger partial charge in [-0.25, -0.2) is 4.79 Å². The fourth-order valence-corrected chi connectivity index (χ4v) is 2.54. The number of aliphatic carboxylic acids is 1. The molecule has 0 fully saturated rings. The van der Waals surface area contributed by atoms with Gasteiger partial charge < -0.3 is 10.4 Å². The van der Waals surface area contributed by atoms with E-state index in [2.05, 4.69) is 5.32 Å². The van der Waals surface area contributed by atoms with Crippen LogP contribution < -0.4 is 5.32 Å². The van der Waals surface area contributed by atoms with Crippen molar-refractivity contribution >= 4 is 23.5 Å². The summed E-state index contributed by atoms with van der Waals surface area (Å²) in [6, 6.07) is 7.21. The van der Waals surface area contributed by atoms with Crippen molar-refractivity contribution in [3.8, 4) is 0 Å². The molecule has 0 spiro atoms. The topological polar surface area (TPSA) is 66.4 Å². The van der Waals surface area contributed by atoms with Crippen molar-refractivity contribution in [3.63, 3.8) is 0 Å². The van der Waals surface area contributed by atoms with E-state index in [0.29, 0.717) is 30.0 Å². The molecule has 1 aromatic carbocycles. The summed E-state index contributed by atoms with van der Waals surface area (Å²) in [5.41, 5.74) is 1.55. The quantitative estimate of drug-likeness (QED) is 0.897. The second kappa shape index (κ2) is 6.57. The summed E-state index contributed by atoms with van der Waals surface area (Å²) in [5, 5.41) is 12.5. The molecule has 2 N–H and O–H groups in total. The van der Waals surface area contributed by atoms with Crippen molar-refractivity contribution in [1.82, 2.24) is 5.32 Å². The van der Waals surface area contributed by atoms with E-state index in [1.807, 2.05) is 12.1 Å². The molecule has 106 valence electrons. The van der Waals surface area contributed by atoms with Crippen LogP contribution in [0.3, 0.4) is 0 Å². The van der Waals surface area contributed by atoms with E-state index in [1.165, 1.54) is 0 Å². The Morgan fingerprint density at radius 1 is 1.20 bits per heavy atom. The first kappa shape index (κ1) is 14.6. The highest BCUT2D eigenvalue weighted by Crippen LogP contribution is 2.25. The molecular weight excluding hydrogens is 278 g/mol. The van der Waals surface area contributed by atoms with Crippen molar-refractivity contribution in [2.75, 3.05) is 0 Å². The van der Waals surface area contributed by atoms with Gasteiger partial charge in [0.25, 0.3) is 0 Å². The number of halogens is 1. The minimum absolute atomic E-state index is 0.250. The third kappa shape index (κ3) is 3.61. The van der Waals surface area contributed by atoms with E-state index in [0.717, 1.165) is 18.4 Å². The zero-order chi connectivity index (χ0) is 14.5. The molecule has 1 aromatic rings. The fraction of sp³-hybridized carbons (Fsp3) is 0.333. The van der Waals surface area contributed by atoms with Gasteiger partial charge in [-0.3, -0.25) is 4.79 Å². The molecule has 0 saturated heterocycles. The third-order valence-corrected chi connectivity index (χ3v) is 3.58. The lowest BCUT2D eigenvalue weighted by molar-refractivity contribution is -0.133. The van der Waals surface area contributed by atoms with Gasteiger partial charge in [-0.15, -0.1) is 0 Å². The Labute approximate surface area is 122 Å². The average molecular weight is 294 g/mol. The van der Waals surface area contributed by atoms with E-state index < -0.39 is 5.97 Å². The van der Waals surface area contributed by atoms with E-state index in [1.54, 1.807) is 12.1 Å². The maximum Gasteiger partial charge on any atom is 0.332 e. The van der Waals surface area contributed by atoms with Gasteiger partial charge in [0.15, 0.2) is 0 Å². The van der Waals surface area contributed by atoms with Crippen molar-refractivity contribution in [3.05, 3.63) is 46.0 Å². The molecule has 1 amide bonds. The Bertz CT molecular complexity index is 566. The van der Waals surface area contributed by atoms with Crippen LogP contribution in [-0.2, 0) is 16.1 Å². The molecule has 20 heavy (non-hydrogen) atoms. The Morgan fingerprint density at radius 3 is 2.55 bits per heavy atom. The number of hydrogen-bond donors (Lipinski definition) is 2. The molecule has 0 saturated carbocycles. The van der Waals surface area contributed by atoms with Crippen LogP contribution in [0.15, 0.2) is 35.4 Å². The first-order valence-electron chi connectivity index (χ1n) is 6.56. The maximum absolute atomic E-state index is 12.1. The zero-order valence-corrected chi connectivity index (χ0v) is 11.7. The predicted molar refractivity (Wildman–Crippen MR) is 76.4 cm³/mol. The van der Waals surface area contributed by atoms with Crippen LogP contribution in [0.1, 0.15) is 31.2 Å². The number of carboxylic acid groups (broad SMARTS) is 1. The molecule has 0 aromatic heterocycles. The number of rotatable bonds is 4. The molecule has 5 heteroatoms. The molecule has 2 rings (SSSR count). The summed E-state index contributed by atoms with van der Waals surface area (Å²) in [6.07, 6.45) is 2.68. The molecule has 0 radical (unpaired) electrons. The number of amides is 1. The molecule has 0 unspecified atom stereocenters. The normalized spacial score (nSPS) is 15.1. The predicted octanol–water partition coefficient (Wildman–Crippen LogP) is 2.91. The minimum atomic E-state index is -0.988.